The zero-order valence-corrected chi connectivity index (χ0v) is 13.6. The molecule has 23 heavy (non-hydrogen) atoms. The molecule has 0 saturated heterocycles. The number of hydrogen-bond donors (Lipinski definition) is 1. The normalized spacial score (nSPS) is 10.7. The predicted octanol–water partition coefficient (Wildman–Crippen LogP) is 4.35. The Balaban J connectivity index is 2.16. The van der Waals surface area contributed by atoms with E-state index in [1.807, 2.05) is 6.92 Å². The highest BCUT2D eigenvalue weighted by Crippen LogP contribution is 2.35. The first-order chi connectivity index (χ1) is 11.0. The summed E-state index contributed by atoms with van der Waals surface area (Å²) in [4.78, 5) is 12.2. The molecule has 1 N–H and O–H groups in total. The van der Waals surface area contributed by atoms with Gasteiger partial charge in [0.1, 0.15) is 5.75 Å². The lowest BCUT2D eigenvalue weighted by molar-refractivity contribution is 0.104. The third-order valence-electron chi connectivity index (χ3n) is 3.15. The van der Waals surface area contributed by atoms with Crippen LogP contribution in [0.1, 0.15) is 22.8 Å². The Morgan fingerprint density at radius 2 is 1.96 bits per heavy atom. The summed E-state index contributed by atoms with van der Waals surface area (Å²) in [7, 11) is 1.43. The minimum Gasteiger partial charge on any atom is -0.503 e. The number of hydrogen-bond acceptors (Lipinski definition) is 4. The molecular formula is C18H17ClO4. The van der Waals surface area contributed by atoms with E-state index in [4.69, 9.17) is 21.1 Å². The van der Waals surface area contributed by atoms with Crippen molar-refractivity contribution in [1.29, 1.82) is 0 Å². The Morgan fingerprint density at radius 3 is 2.57 bits per heavy atom. The summed E-state index contributed by atoms with van der Waals surface area (Å²) in [5.41, 5.74) is 1.21. The SMILES string of the molecule is CCOc1ccc(C(=O)C=Cc2cc(Cl)c(O)c(OC)c2)cc1. The van der Waals surface area contributed by atoms with Crippen molar-refractivity contribution in [3.63, 3.8) is 0 Å². The average molecular weight is 333 g/mol. The van der Waals surface area contributed by atoms with Gasteiger partial charge in [-0.05, 0) is 55.0 Å². The molecule has 0 bridgehead atoms. The number of aromatic hydroxyl groups is 1. The smallest absolute Gasteiger partial charge is 0.185 e. The van der Waals surface area contributed by atoms with Crippen molar-refractivity contribution in [2.24, 2.45) is 0 Å². The summed E-state index contributed by atoms with van der Waals surface area (Å²) in [5.74, 6) is 0.717. The summed E-state index contributed by atoms with van der Waals surface area (Å²) in [5, 5.41) is 9.85. The van der Waals surface area contributed by atoms with Gasteiger partial charge in [0.05, 0.1) is 18.7 Å². The maximum atomic E-state index is 12.2. The highest BCUT2D eigenvalue weighted by molar-refractivity contribution is 6.32. The van der Waals surface area contributed by atoms with Gasteiger partial charge in [0.25, 0.3) is 0 Å². The summed E-state index contributed by atoms with van der Waals surface area (Å²) in [6.07, 6.45) is 3.06. The van der Waals surface area contributed by atoms with Gasteiger partial charge in [-0.15, -0.1) is 0 Å². The lowest BCUT2D eigenvalue weighted by Crippen LogP contribution is -1.96. The summed E-state index contributed by atoms with van der Waals surface area (Å²) >= 11 is 5.91. The first kappa shape index (κ1) is 16.9. The van der Waals surface area contributed by atoms with E-state index >= 15 is 0 Å². The van der Waals surface area contributed by atoms with E-state index in [9.17, 15) is 9.90 Å². The fraction of sp³-hybridized carbons (Fsp3) is 0.167. The van der Waals surface area contributed by atoms with Crippen LogP contribution in [0.15, 0.2) is 42.5 Å². The van der Waals surface area contributed by atoms with Crippen molar-refractivity contribution < 1.29 is 19.4 Å². The highest BCUT2D eigenvalue weighted by Gasteiger charge is 2.08. The van der Waals surface area contributed by atoms with E-state index in [0.717, 1.165) is 5.75 Å². The van der Waals surface area contributed by atoms with Crippen LogP contribution in [0.3, 0.4) is 0 Å². The molecule has 0 aromatic heterocycles. The number of rotatable bonds is 6. The molecule has 0 aliphatic heterocycles. The highest BCUT2D eigenvalue weighted by atomic mass is 35.5. The molecule has 4 nitrogen and oxygen atoms in total. The second kappa shape index (κ2) is 7.70. The number of phenols is 1. The molecular weight excluding hydrogens is 316 g/mol. The van der Waals surface area contributed by atoms with E-state index in [1.165, 1.54) is 13.2 Å². The van der Waals surface area contributed by atoms with E-state index < -0.39 is 0 Å². The molecule has 0 unspecified atom stereocenters. The van der Waals surface area contributed by atoms with Crippen LogP contribution < -0.4 is 9.47 Å². The van der Waals surface area contributed by atoms with Crippen LogP contribution in [0.2, 0.25) is 5.02 Å². The molecule has 0 fully saturated rings. The molecule has 0 radical (unpaired) electrons. The van der Waals surface area contributed by atoms with Crippen LogP contribution in [0.5, 0.6) is 17.2 Å². The second-order valence-electron chi connectivity index (χ2n) is 4.71. The Morgan fingerprint density at radius 1 is 1.26 bits per heavy atom. The van der Waals surface area contributed by atoms with Crippen LogP contribution in [-0.2, 0) is 0 Å². The fourth-order valence-corrected chi connectivity index (χ4v) is 2.21. The van der Waals surface area contributed by atoms with Gasteiger partial charge in [-0.25, -0.2) is 0 Å². The number of methoxy groups -OCH3 is 1. The minimum absolute atomic E-state index is 0.121. The van der Waals surface area contributed by atoms with Gasteiger partial charge >= 0.3 is 0 Å². The molecule has 2 rings (SSSR count). The minimum atomic E-state index is -0.142. The quantitative estimate of drug-likeness (QED) is 0.631. The van der Waals surface area contributed by atoms with Crippen LogP contribution in [0.4, 0.5) is 0 Å². The first-order valence-electron chi connectivity index (χ1n) is 7.07. The van der Waals surface area contributed by atoms with E-state index in [2.05, 4.69) is 0 Å². The van der Waals surface area contributed by atoms with Crippen LogP contribution in [-0.4, -0.2) is 24.6 Å². The number of ketones is 1. The van der Waals surface area contributed by atoms with Crippen molar-refractivity contribution in [3.8, 4) is 17.2 Å². The van der Waals surface area contributed by atoms with E-state index in [1.54, 1.807) is 42.5 Å². The predicted molar refractivity (Wildman–Crippen MR) is 90.6 cm³/mol. The second-order valence-corrected chi connectivity index (χ2v) is 5.12. The fourth-order valence-electron chi connectivity index (χ4n) is 2.00. The van der Waals surface area contributed by atoms with Crippen molar-refractivity contribution in [2.75, 3.05) is 13.7 Å². The number of phenolic OH excluding ortho intramolecular Hbond substituents is 1. The summed E-state index contributed by atoms with van der Waals surface area (Å²) in [6.45, 7) is 2.48. The largest absolute Gasteiger partial charge is 0.503 e. The van der Waals surface area contributed by atoms with E-state index in [0.29, 0.717) is 17.7 Å². The number of ether oxygens (including phenoxy) is 2. The van der Waals surface area contributed by atoms with Crippen molar-refractivity contribution in [3.05, 3.63) is 58.6 Å². The maximum absolute atomic E-state index is 12.2. The van der Waals surface area contributed by atoms with Crippen molar-refractivity contribution in [2.45, 2.75) is 6.92 Å². The molecule has 0 aliphatic rings. The number of carbonyl (C=O) groups is 1. The number of halogens is 1. The Kier molecular flexibility index (Phi) is 5.66. The standard InChI is InChI=1S/C18H17ClO4/c1-3-23-14-7-5-13(6-8-14)16(20)9-4-12-10-15(19)18(21)17(11-12)22-2/h4-11,21H,3H2,1-2H3. The third-order valence-corrected chi connectivity index (χ3v) is 3.44. The van der Waals surface area contributed by atoms with Crippen LogP contribution >= 0.6 is 11.6 Å². The van der Waals surface area contributed by atoms with Crippen LogP contribution in [0, 0.1) is 0 Å². The lowest BCUT2D eigenvalue weighted by atomic mass is 10.1. The zero-order valence-electron chi connectivity index (χ0n) is 12.9. The number of benzene rings is 2. The van der Waals surface area contributed by atoms with Gasteiger partial charge in [0, 0.05) is 5.56 Å². The molecule has 0 heterocycles. The molecule has 120 valence electrons. The molecule has 2 aromatic rings. The Labute approximate surface area is 139 Å². The number of carbonyl (C=O) groups excluding carboxylic acids is 1. The van der Waals surface area contributed by atoms with Gasteiger partial charge in [-0.1, -0.05) is 17.7 Å². The van der Waals surface area contributed by atoms with Crippen molar-refractivity contribution >= 4 is 23.5 Å². The molecule has 0 saturated carbocycles. The zero-order chi connectivity index (χ0) is 16.8. The monoisotopic (exact) mass is 332 g/mol. The van der Waals surface area contributed by atoms with Gasteiger partial charge in [-0.3, -0.25) is 4.79 Å². The Hall–Kier alpha value is -2.46. The van der Waals surface area contributed by atoms with Gasteiger partial charge in [-0.2, -0.15) is 0 Å². The topological polar surface area (TPSA) is 55.8 Å². The summed E-state index contributed by atoms with van der Waals surface area (Å²) < 4.78 is 10.4. The molecule has 0 aliphatic carbocycles. The molecule has 5 heteroatoms. The maximum Gasteiger partial charge on any atom is 0.185 e. The van der Waals surface area contributed by atoms with Gasteiger partial charge in [0.2, 0.25) is 0 Å². The summed E-state index contributed by atoms with van der Waals surface area (Å²) in [6, 6.07) is 10.1. The first-order valence-corrected chi connectivity index (χ1v) is 7.44. The van der Waals surface area contributed by atoms with Crippen molar-refractivity contribution in [1.82, 2.24) is 0 Å². The van der Waals surface area contributed by atoms with Gasteiger partial charge < -0.3 is 14.6 Å². The van der Waals surface area contributed by atoms with Crippen LogP contribution in [0.25, 0.3) is 6.08 Å². The Bertz CT molecular complexity index is 721. The van der Waals surface area contributed by atoms with Gasteiger partial charge in [0.15, 0.2) is 17.3 Å². The van der Waals surface area contributed by atoms with E-state index in [-0.39, 0.29) is 22.3 Å². The molecule has 0 atom stereocenters. The molecule has 2 aromatic carbocycles. The number of allylic oxidation sites excluding steroid dienone is 1. The average Bonchev–Trinajstić information content (AvgIpc) is 2.56. The molecule has 0 amide bonds. The third kappa shape index (κ3) is 4.27. The molecule has 0 spiro atoms. The lowest BCUT2D eigenvalue weighted by Gasteiger charge is -2.06.